The molecule has 1 heterocycles. The van der Waals surface area contributed by atoms with Crippen molar-refractivity contribution < 1.29 is 14.6 Å². The first-order valence-electron chi connectivity index (χ1n) is 8.34. The minimum Gasteiger partial charge on any atom is -0.503 e. The summed E-state index contributed by atoms with van der Waals surface area (Å²) in [4.78, 5) is 19.7. The van der Waals surface area contributed by atoms with Gasteiger partial charge in [-0.05, 0) is 61.5 Å². The summed E-state index contributed by atoms with van der Waals surface area (Å²) in [5.74, 6) is 0.0124. The third kappa shape index (κ3) is 4.12. The molecule has 1 aliphatic heterocycles. The molecule has 0 atom stereocenters. The number of carbonyl (C=O) groups is 1. The first-order valence-corrected chi connectivity index (χ1v) is 9.53. The van der Waals surface area contributed by atoms with Crippen LogP contribution in [-0.4, -0.2) is 34.2 Å². The first-order chi connectivity index (χ1) is 12.9. The average molecular weight is 403 g/mol. The van der Waals surface area contributed by atoms with Crippen LogP contribution in [0.4, 0.5) is 5.69 Å². The second-order valence-corrected chi connectivity index (χ2v) is 7.58. The van der Waals surface area contributed by atoms with Crippen LogP contribution >= 0.6 is 23.4 Å². The maximum absolute atomic E-state index is 12.9. The summed E-state index contributed by atoms with van der Waals surface area (Å²) in [5, 5.41) is 10.7. The summed E-state index contributed by atoms with van der Waals surface area (Å²) >= 11 is 7.36. The van der Waals surface area contributed by atoms with Crippen LogP contribution in [0.2, 0.25) is 5.02 Å². The van der Waals surface area contributed by atoms with Gasteiger partial charge in [0.25, 0.3) is 5.91 Å². The van der Waals surface area contributed by atoms with Crippen molar-refractivity contribution in [2.45, 2.75) is 19.9 Å². The maximum atomic E-state index is 12.9. The Labute approximate surface area is 167 Å². The van der Waals surface area contributed by atoms with Gasteiger partial charge in [0, 0.05) is 6.04 Å². The van der Waals surface area contributed by atoms with E-state index in [1.54, 1.807) is 23.1 Å². The van der Waals surface area contributed by atoms with E-state index in [1.165, 1.54) is 18.9 Å². The molecule has 5 nitrogen and oxygen atoms in total. The number of aliphatic imine (C=N–C) groups is 1. The van der Waals surface area contributed by atoms with E-state index in [-0.39, 0.29) is 28.5 Å². The average Bonchev–Trinajstić information content (AvgIpc) is 2.94. The molecule has 0 spiro atoms. The molecule has 7 heteroatoms. The number of benzene rings is 2. The largest absolute Gasteiger partial charge is 0.503 e. The zero-order chi connectivity index (χ0) is 19.6. The molecule has 0 unspecified atom stereocenters. The van der Waals surface area contributed by atoms with Crippen LogP contribution in [0.3, 0.4) is 0 Å². The highest BCUT2D eigenvalue weighted by molar-refractivity contribution is 8.18. The molecule has 0 aliphatic carbocycles. The lowest BCUT2D eigenvalue weighted by Crippen LogP contribution is -2.35. The highest BCUT2D eigenvalue weighted by Gasteiger charge is 2.35. The quantitative estimate of drug-likeness (QED) is 0.725. The van der Waals surface area contributed by atoms with Gasteiger partial charge >= 0.3 is 0 Å². The maximum Gasteiger partial charge on any atom is 0.266 e. The number of amidine groups is 1. The number of rotatable bonds is 4. The Morgan fingerprint density at radius 1 is 1.26 bits per heavy atom. The number of nitrogens with zero attached hydrogens (tertiary/aromatic N) is 2. The van der Waals surface area contributed by atoms with Crippen molar-refractivity contribution in [3.05, 3.63) is 58.0 Å². The number of aromatic hydroxyl groups is 1. The predicted octanol–water partition coefficient (Wildman–Crippen LogP) is 5.07. The van der Waals surface area contributed by atoms with Crippen molar-refractivity contribution >= 4 is 46.2 Å². The van der Waals surface area contributed by atoms with Gasteiger partial charge in [-0.15, -0.1) is 0 Å². The van der Waals surface area contributed by atoms with E-state index in [9.17, 15) is 9.90 Å². The Morgan fingerprint density at radius 3 is 2.59 bits per heavy atom. The fourth-order valence-electron chi connectivity index (χ4n) is 2.62. The van der Waals surface area contributed by atoms with Gasteiger partial charge in [-0.1, -0.05) is 29.8 Å². The third-order valence-electron chi connectivity index (χ3n) is 3.90. The smallest absolute Gasteiger partial charge is 0.266 e. The predicted molar refractivity (Wildman–Crippen MR) is 111 cm³/mol. The summed E-state index contributed by atoms with van der Waals surface area (Å²) in [5.41, 5.74) is 1.45. The molecule has 2 aromatic carbocycles. The van der Waals surface area contributed by atoms with Crippen molar-refractivity contribution in [2.24, 2.45) is 4.99 Å². The molecule has 1 N–H and O–H groups in total. The molecule has 0 aromatic heterocycles. The molecule has 1 fully saturated rings. The molecule has 3 rings (SSSR count). The number of phenols is 1. The number of carbonyl (C=O) groups excluding carboxylic acids is 1. The number of para-hydroxylation sites is 1. The zero-order valence-electron chi connectivity index (χ0n) is 15.1. The van der Waals surface area contributed by atoms with E-state index in [1.807, 2.05) is 44.2 Å². The molecule has 0 bridgehead atoms. The molecular formula is C20H19ClN2O3S. The minimum absolute atomic E-state index is 0.0312. The van der Waals surface area contributed by atoms with Crippen LogP contribution in [0.1, 0.15) is 19.4 Å². The van der Waals surface area contributed by atoms with Crippen LogP contribution in [0, 0.1) is 0 Å². The molecule has 2 aromatic rings. The van der Waals surface area contributed by atoms with Crippen LogP contribution in [0.5, 0.6) is 11.5 Å². The van der Waals surface area contributed by atoms with Crippen LogP contribution in [0.25, 0.3) is 6.08 Å². The summed E-state index contributed by atoms with van der Waals surface area (Å²) in [6.07, 6.45) is 1.73. The summed E-state index contributed by atoms with van der Waals surface area (Å²) in [6, 6.07) is 12.7. The lowest BCUT2D eigenvalue weighted by atomic mass is 10.1. The van der Waals surface area contributed by atoms with Crippen molar-refractivity contribution in [1.29, 1.82) is 0 Å². The molecule has 1 saturated heterocycles. The van der Waals surface area contributed by atoms with E-state index in [0.717, 1.165) is 5.69 Å². The number of hydrogen-bond donors (Lipinski definition) is 1. The number of halogens is 1. The van der Waals surface area contributed by atoms with E-state index < -0.39 is 0 Å². The molecule has 0 radical (unpaired) electrons. The van der Waals surface area contributed by atoms with E-state index in [2.05, 4.69) is 4.99 Å². The minimum atomic E-state index is -0.123. The molecule has 140 valence electrons. The fourth-order valence-corrected chi connectivity index (χ4v) is 3.96. The highest BCUT2D eigenvalue weighted by Crippen LogP contribution is 2.39. The zero-order valence-corrected chi connectivity index (χ0v) is 16.7. The van der Waals surface area contributed by atoms with Gasteiger partial charge in [-0.2, -0.15) is 0 Å². The van der Waals surface area contributed by atoms with Crippen molar-refractivity contribution in [1.82, 2.24) is 4.90 Å². The topological polar surface area (TPSA) is 62.1 Å². The Hall–Kier alpha value is -2.44. The summed E-state index contributed by atoms with van der Waals surface area (Å²) in [7, 11) is 1.45. The van der Waals surface area contributed by atoms with Crippen molar-refractivity contribution in [3.8, 4) is 11.5 Å². The molecular weight excluding hydrogens is 384 g/mol. The number of thioether (sulfide) groups is 1. The lowest BCUT2D eigenvalue weighted by Gasteiger charge is -2.19. The van der Waals surface area contributed by atoms with E-state index in [0.29, 0.717) is 15.6 Å². The Kier molecular flexibility index (Phi) is 5.77. The van der Waals surface area contributed by atoms with Gasteiger partial charge in [-0.3, -0.25) is 9.69 Å². The number of hydrogen-bond acceptors (Lipinski definition) is 5. The van der Waals surface area contributed by atoms with Crippen molar-refractivity contribution in [2.75, 3.05) is 7.11 Å². The number of ether oxygens (including phenoxy) is 1. The van der Waals surface area contributed by atoms with Crippen LogP contribution in [-0.2, 0) is 4.79 Å². The molecule has 27 heavy (non-hydrogen) atoms. The van der Waals surface area contributed by atoms with Gasteiger partial charge in [0.15, 0.2) is 16.7 Å². The number of amides is 1. The molecule has 1 aliphatic rings. The second-order valence-electron chi connectivity index (χ2n) is 6.16. The Bertz CT molecular complexity index is 926. The fraction of sp³-hybridized carbons (Fsp3) is 0.200. The standard InChI is InChI=1S/C20H19ClN2O3S/c1-12(2)23-19(25)17(27-20(23)22-14-7-5-4-6-8-14)11-13-9-15(21)18(24)16(10-13)26-3/h4-12,24H,1-3H3/b17-11+,22-20?. The first kappa shape index (κ1) is 19.3. The highest BCUT2D eigenvalue weighted by atomic mass is 35.5. The summed E-state index contributed by atoms with van der Waals surface area (Å²) in [6.45, 7) is 3.89. The van der Waals surface area contributed by atoms with Gasteiger partial charge in [0.05, 0.1) is 22.7 Å². The van der Waals surface area contributed by atoms with Gasteiger partial charge in [-0.25, -0.2) is 4.99 Å². The Morgan fingerprint density at radius 2 is 1.96 bits per heavy atom. The monoisotopic (exact) mass is 402 g/mol. The van der Waals surface area contributed by atoms with Crippen LogP contribution in [0.15, 0.2) is 52.4 Å². The Balaban J connectivity index is 2.00. The summed E-state index contributed by atoms with van der Waals surface area (Å²) < 4.78 is 5.13. The van der Waals surface area contributed by atoms with Crippen LogP contribution < -0.4 is 4.74 Å². The van der Waals surface area contributed by atoms with Gasteiger partial charge in [0.1, 0.15) is 0 Å². The van der Waals surface area contributed by atoms with Crippen molar-refractivity contribution in [3.63, 3.8) is 0 Å². The van der Waals surface area contributed by atoms with Gasteiger partial charge in [0.2, 0.25) is 0 Å². The third-order valence-corrected chi connectivity index (χ3v) is 5.17. The van der Waals surface area contributed by atoms with E-state index >= 15 is 0 Å². The normalized spacial score (nSPS) is 17.4. The molecule has 0 saturated carbocycles. The lowest BCUT2D eigenvalue weighted by molar-refractivity contribution is -0.123. The number of phenolic OH excluding ortho intramolecular Hbond substituents is 1. The SMILES string of the molecule is COc1cc(/C=C2/SC(=Nc3ccccc3)N(C(C)C)C2=O)cc(Cl)c1O. The second kappa shape index (κ2) is 8.06. The molecule has 1 amide bonds. The van der Waals surface area contributed by atoms with Gasteiger partial charge < -0.3 is 9.84 Å². The van der Waals surface area contributed by atoms with E-state index in [4.69, 9.17) is 16.3 Å². The number of methoxy groups -OCH3 is 1.